The van der Waals surface area contributed by atoms with Crippen LogP contribution in [0.1, 0.15) is 46.1 Å². The number of benzene rings is 3. The van der Waals surface area contributed by atoms with Crippen LogP contribution in [0.4, 0.5) is 4.39 Å². The number of fused-ring (bicyclic) bond motifs is 1. The predicted octanol–water partition coefficient (Wildman–Crippen LogP) is 7.50. The SMILES string of the molecule is CC[C@@H]1CCN(CCOc2ccc(Oc3c(C(=O)c4c(C)cc(F)cc4C)sc4cc(O)ccc34)cc2)C1. The fourth-order valence-electron chi connectivity index (χ4n) is 5.16. The van der Waals surface area contributed by atoms with E-state index in [0.29, 0.717) is 39.7 Å². The zero-order valence-corrected chi connectivity index (χ0v) is 22.7. The van der Waals surface area contributed by atoms with Crippen LogP contribution in [-0.4, -0.2) is 42.0 Å². The number of aromatic hydroxyl groups is 1. The van der Waals surface area contributed by atoms with Gasteiger partial charge in [0, 0.05) is 28.7 Å². The fraction of sp³-hybridized carbons (Fsp3) is 0.323. The molecule has 1 fully saturated rings. The maximum atomic E-state index is 13.9. The van der Waals surface area contributed by atoms with Gasteiger partial charge in [0.25, 0.3) is 0 Å². The van der Waals surface area contributed by atoms with E-state index in [2.05, 4.69) is 11.8 Å². The van der Waals surface area contributed by atoms with Crippen LogP contribution in [0.2, 0.25) is 0 Å². The summed E-state index contributed by atoms with van der Waals surface area (Å²) in [5, 5.41) is 10.7. The number of rotatable bonds is 9. The molecule has 1 aliphatic rings. The highest BCUT2D eigenvalue weighted by Crippen LogP contribution is 2.43. The number of ketones is 1. The number of likely N-dealkylation sites (tertiary alicyclic amines) is 1. The number of phenolic OH excluding ortho intramolecular Hbond substituents is 1. The van der Waals surface area contributed by atoms with E-state index in [9.17, 15) is 14.3 Å². The van der Waals surface area contributed by atoms with Gasteiger partial charge in [-0.25, -0.2) is 4.39 Å². The molecule has 0 bridgehead atoms. The summed E-state index contributed by atoms with van der Waals surface area (Å²) in [5.41, 5.74) is 1.60. The summed E-state index contributed by atoms with van der Waals surface area (Å²) in [6, 6.07) is 15.1. The van der Waals surface area contributed by atoms with Crippen LogP contribution in [0.3, 0.4) is 0 Å². The molecule has 1 aromatic heterocycles. The van der Waals surface area contributed by atoms with Crippen LogP contribution in [-0.2, 0) is 0 Å². The Kier molecular flexibility index (Phi) is 7.68. The van der Waals surface area contributed by atoms with Crippen LogP contribution in [0, 0.1) is 25.6 Å². The highest BCUT2D eigenvalue weighted by Gasteiger charge is 2.25. The van der Waals surface area contributed by atoms with Gasteiger partial charge in [-0.3, -0.25) is 9.69 Å². The monoisotopic (exact) mass is 533 g/mol. The van der Waals surface area contributed by atoms with Crippen molar-refractivity contribution >= 4 is 27.2 Å². The average Bonchev–Trinajstić information content (AvgIpc) is 3.48. The molecule has 5 rings (SSSR count). The molecule has 198 valence electrons. The summed E-state index contributed by atoms with van der Waals surface area (Å²) in [6.07, 6.45) is 2.50. The second-order valence-electron chi connectivity index (χ2n) is 9.97. The van der Waals surface area contributed by atoms with Gasteiger partial charge in [0.1, 0.15) is 34.5 Å². The van der Waals surface area contributed by atoms with Crippen molar-refractivity contribution < 1.29 is 23.8 Å². The Morgan fingerprint density at radius 3 is 2.47 bits per heavy atom. The zero-order chi connectivity index (χ0) is 26.8. The number of hydrogen-bond acceptors (Lipinski definition) is 6. The first-order chi connectivity index (χ1) is 18.3. The van der Waals surface area contributed by atoms with Crippen molar-refractivity contribution in [3.63, 3.8) is 0 Å². The summed E-state index contributed by atoms with van der Waals surface area (Å²) in [5.74, 6) is 2.06. The minimum Gasteiger partial charge on any atom is -0.508 e. The maximum absolute atomic E-state index is 13.9. The molecule has 38 heavy (non-hydrogen) atoms. The molecule has 0 saturated carbocycles. The molecular formula is C31H32FNO4S. The first kappa shape index (κ1) is 26.2. The van der Waals surface area contributed by atoms with Crippen molar-refractivity contribution in [3.8, 4) is 23.0 Å². The summed E-state index contributed by atoms with van der Waals surface area (Å²) < 4.78 is 26.9. The number of phenols is 1. The Labute approximate surface area is 226 Å². The Morgan fingerprint density at radius 2 is 1.79 bits per heavy atom. The van der Waals surface area contributed by atoms with E-state index < -0.39 is 0 Å². The number of thiophene rings is 1. The van der Waals surface area contributed by atoms with Gasteiger partial charge in [-0.1, -0.05) is 13.3 Å². The number of aryl methyl sites for hydroxylation is 2. The highest BCUT2D eigenvalue weighted by atomic mass is 32.1. The van der Waals surface area contributed by atoms with Gasteiger partial charge in [-0.15, -0.1) is 11.3 Å². The Morgan fingerprint density at radius 1 is 1.08 bits per heavy atom. The topological polar surface area (TPSA) is 59.0 Å². The van der Waals surface area contributed by atoms with Gasteiger partial charge in [-0.2, -0.15) is 0 Å². The normalized spacial score (nSPS) is 15.7. The smallest absolute Gasteiger partial charge is 0.207 e. The number of hydrogen-bond donors (Lipinski definition) is 1. The van der Waals surface area contributed by atoms with Gasteiger partial charge in [-0.05, 0) is 98.5 Å². The van der Waals surface area contributed by atoms with E-state index in [1.165, 1.54) is 36.3 Å². The summed E-state index contributed by atoms with van der Waals surface area (Å²) >= 11 is 1.25. The average molecular weight is 534 g/mol. The second kappa shape index (κ2) is 11.1. The molecule has 0 spiro atoms. The lowest BCUT2D eigenvalue weighted by Crippen LogP contribution is -2.26. The molecule has 5 nitrogen and oxygen atoms in total. The molecule has 0 amide bonds. The van der Waals surface area contributed by atoms with Gasteiger partial charge >= 0.3 is 0 Å². The molecule has 1 N–H and O–H groups in total. The second-order valence-corrected chi connectivity index (χ2v) is 11.0. The van der Waals surface area contributed by atoms with Gasteiger partial charge in [0.2, 0.25) is 5.78 Å². The first-order valence-corrected chi connectivity index (χ1v) is 13.8. The number of nitrogens with zero attached hydrogens (tertiary/aromatic N) is 1. The molecule has 0 radical (unpaired) electrons. The molecule has 1 aliphatic heterocycles. The molecule has 7 heteroatoms. The van der Waals surface area contributed by atoms with Crippen molar-refractivity contribution in [2.24, 2.45) is 5.92 Å². The molecule has 4 aromatic rings. The minimum atomic E-state index is -0.373. The number of halogens is 1. The molecule has 0 unspecified atom stereocenters. The van der Waals surface area contributed by atoms with Gasteiger partial charge in [0.05, 0.1) is 0 Å². The van der Waals surface area contributed by atoms with Crippen LogP contribution in [0.5, 0.6) is 23.0 Å². The molecule has 3 aromatic carbocycles. The third-order valence-electron chi connectivity index (χ3n) is 7.23. The predicted molar refractivity (Wildman–Crippen MR) is 150 cm³/mol. The fourth-order valence-corrected chi connectivity index (χ4v) is 6.27. The van der Waals surface area contributed by atoms with E-state index in [1.807, 2.05) is 24.3 Å². The van der Waals surface area contributed by atoms with Gasteiger partial charge in [0.15, 0.2) is 5.75 Å². The third-order valence-corrected chi connectivity index (χ3v) is 8.36. The van der Waals surface area contributed by atoms with E-state index in [-0.39, 0.29) is 17.3 Å². The van der Waals surface area contributed by atoms with Crippen LogP contribution >= 0.6 is 11.3 Å². The number of ether oxygens (including phenoxy) is 2. The van der Waals surface area contributed by atoms with E-state index >= 15 is 0 Å². The van der Waals surface area contributed by atoms with Crippen molar-refractivity contribution in [1.82, 2.24) is 4.90 Å². The zero-order valence-electron chi connectivity index (χ0n) is 21.9. The lowest BCUT2D eigenvalue weighted by molar-refractivity contribution is 0.103. The van der Waals surface area contributed by atoms with Crippen LogP contribution in [0.15, 0.2) is 54.6 Å². The van der Waals surface area contributed by atoms with Crippen molar-refractivity contribution in [1.29, 1.82) is 0 Å². The summed E-state index contributed by atoms with van der Waals surface area (Å²) in [7, 11) is 0. The summed E-state index contributed by atoms with van der Waals surface area (Å²) in [6.45, 7) is 9.54. The number of carbonyl (C=O) groups excluding carboxylic acids is 1. The Balaban J connectivity index is 1.36. The molecule has 0 aliphatic carbocycles. The van der Waals surface area contributed by atoms with Crippen molar-refractivity contribution in [2.45, 2.75) is 33.6 Å². The molecule has 1 atom stereocenters. The quantitative estimate of drug-likeness (QED) is 0.226. The van der Waals surface area contributed by atoms with E-state index in [4.69, 9.17) is 9.47 Å². The summed E-state index contributed by atoms with van der Waals surface area (Å²) in [4.78, 5) is 16.6. The Hall–Kier alpha value is -3.42. The lowest BCUT2D eigenvalue weighted by atomic mass is 9.97. The van der Waals surface area contributed by atoms with E-state index in [1.54, 1.807) is 32.0 Å². The van der Waals surface area contributed by atoms with Crippen LogP contribution in [0.25, 0.3) is 10.1 Å². The molecule has 2 heterocycles. The highest BCUT2D eigenvalue weighted by molar-refractivity contribution is 7.21. The molecule has 1 saturated heterocycles. The van der Waals surface area contributed by atoms with Gasteiger partial charge < -0.3 is 14.6 Å². The van der Waals surface area contributed by atoms with Crippen molar-refractivity contribution in [2.75, 3.05) is 26.2 Å². The van der Waals surface area contributed by atoms with Crippen molar-refractivity contribution in [3.05, 3.63) is 82.0 Å². The van der Waals surface area contributed by atoms with E-state index in [0.717, 1.165) is 41.4 Å². The number of carbonyl (C=O) groups is 1. The largest absolute Gasteiger partial charge is 0.508 e. The first-order valence-electron chi connectivity index (χ1n) is 13.0. The van der Waals surface area contributed by atoms with Crippen LogP contribution < -0.4 is 9.47 Å². The Bertz CT molecular complexity index is 1440. The standard InChI is InChI=1S/C31H32FNO4S/c1-4-21-11-12-33(18-21)13-14-36-24-6-8-25(9-7-24)37-30-26-10-5-23(34)17-27(26)38-31(30)29(35)28-19(2)15-22(32)16-20(28)3/h5-10,15-17,21,34H,4,11-14,18H2,1-3H3/t21-/m1/s1. The maximum Gasteiger partial charge on any atom is 0.207 e. The molecular weight excluding hydrogens is 501 g/mol. The minimum absolute atomic E-state index is 0.110. The lowest BCUT2D eigenvalue weighted by Gasteiger charge is -2.16. The third kappa shape index (κ3) is 5.54.